The molecule has 1 saturated heterocycles. The molecule has 1 N–H and O–H groups in total. The number of hydrogen-bond acceptors (Lipinski definition) is 3. The smallest absolute Gasteiger partial charge is 0.231 e. The normalized spacial score (nSPS) is 25.3. The predicted octanol–water partition coefficient (Wildman–Crippen LogP) is 3.90. The van der Waals surface area contributed by atoms with E-state index in [0.717, 1.165) is 22.5 Å². The minimum atomic E-state index is 0.0447. The van der Waals surface area contributed by atoms with Crippen molar-refractivity contribution in [3.63, 3.8) is 0 Å². The lowest BCUT2D eigenvalue weighted by atomic mass is 9.83. The van der Waals surface area contributed by atoms with Crippen molar-refractivity contribution in [2.45, 2.75) is 45.1 Å². The van der Waals surface area contributed by atoms with Crippen molar-refractivity contribution >= 4 is 15.9 Å². The Morgan fingerprint density at radius 2 is 2.16 bits per heavy atom. The van der Waals surface area contributed by atoms with Crippen LogP contribution in [0.5, 0.6) is 11.5 Å². The van der Waals surface area contributed by atoms with E-state index in [1.54, 1.807) is 0 Å². The summed E-state index contributed by atoms with van der Waals surface area (Å²) in [7, 11) is 0. The maximum Gasteiger partial charge on any atom is 0.231 e. The van der Waals surface area contributed by atoms with E-state index >= 15 is 0 Å². The van der Waals surface area contributed by atoms with Gasteiger partial charge in [-0.15, -0.1) is 0 Å². The second-order valence-corrected chi connectivity index (χ2v) is 6.70. The number of rotatable bonds is 2. The Bertz CT molecular complexity index is 507. The van der Waals surface area contributed by atoms with E-state index in [1.165, 1.54) is 24.0 Å². The van der Waals surface area contributed by atoms with Crippen molar-refractivity contribution in [3.8, 4) is 11.5 Å². The average Bonchev–Trinajstić information content (AvgIpc) is 2.97. The zero-order valence-corrected chi connectivity index (χ0v) is 13.3. The van der Waals surface area contributed by atoms with Gasteiger partial charge in [0.05, 0.1) is 4.47 Å². The van der Waals surface area contributed by atoms with Gasteiger partial charge in [-0.2, -0.15) is 0 Å². The fraction of sp³-hybridized carbons (Fsp3) is 0.600. The molecule has 0 spiro atoms. The second kappa shape index (κ2) is 4.67. The van der Waals surface area contributed by atoms with Crippen LogP contribution < -0.4 is 14.8 Å². The van der Waals surface area contributed by atoms with Crippen LogP contribution in [0.3, 0.4) is 0 Å². The Labute approximate surface area is 122 Å². The fourth-order valence-electron chi connectivity index (χ4n) is 3.16. The summed E-state index contributed by atoms with van der Waals surface area (Å²) in [5.74, 6) is 2.16. The summed E-state index contributed by atoms with van der Waals surface area (Å²) in [4.78, 5) is 0. The monoisotopic (exact) mass is 325 g/mol. The van der Waals surface area contributed by atoms with E-state index < -0.39 is 0 Å². The molecule has 2 aliphatic heterocycles. The van der Waals surface area contributed by atoms with Crippen LogP contribution in [-0.2, 0) is 5.54 Å². The molecule has 0 radical (unpaired) electrons. The van der Waals surface area contributed by atoms with Gasteiger partial charge < -0.3 is 14.8 Å². The number of halogens is 1. The number of hydrogen-bond donors (Lipinski definition) is 1. The maximum absolute atomic E-state index is 5.58. The van der Waals surface area contributed by atoms with Gasteiger partial charge in [0.25, 0.3) is 0 Å². The lowest BCUT2D eigenvalue weighted by Gasteiger charge is -2.30. The second-order valence-electron chi connectivity index (χ2n) is 5.90. The van der Waals surface area contributed by atoms with Crippen molar-refractivity contribution in [1.29, 1.82) is 0 Å². The van der Waals surface area contributed by atoms with E-state index in [4.69, 9.17) is 9.47 Å². The van der Waals surface area contributed by atoms with Crippen LogP contribution in [0.25, 0.3) is 0 Å². The third-order valence-corrected chi connectivity index (χ3v) is 4.97. The first-order valence-electron chi connectivity index (χ1n) is 6.90. The third kappa shape index (κ3) is 2.05. The standard InChI is InChI=1S/C15H20BrNO2/c1-9(2)12-10(15(3)5-4-6-17-15)7-11-14(13(12)16)19-8-18-11/h7,9,17H,4-6,8H2,1-3H3. The Hall–Kier alpha value is -0.740. The summed E-state index contributed by atoms with van der Waals surface area (Å²) in [6.45, 7) is 8.14. The van der Waals surface area contributed by atoms with E-state index in [2.05, 4.69) is 48.1 Å². The lowest BCUT2D eigenvalue weighted by molar-refractivity contribution is 0.173. The highest BCUT2D eigenvalue weighted by atomic mass is 79.9. The Balaban J connectivity index is 2.20. The minimum Gasteiger partial charge on any atom is -0.454 e. The molecule has 1 atom stereocenters. The molecule has 3 nitrogen and oxygen atoms in total. The van der Waals surface area contributed by atoms with Gasteiger partial charge in [-0.1, -0.05) is 13.8 Å². The third-order valence-electron chi connectivity index (χ3n) is 4.18. The average molecular weight is 326 g/mol. The molecule has 0 saturated carbocycles. The summed E-state index contributed by atoms with van der Waals surface area (Å²) in [5.41, 5.74) is 2.72. The van der Waals surface area contributed by atoms with E-state index in [0.29, 0.717) is 12.7 Å². The Morgan fingerprint density at radius 1 is 1.37 bits per heavy atom. The van der Waals surface area contributed by atoms with Crippen molar-refractivity contribution in [3.05, 3.63) is 21.7 Å². The molecule has 104 valence electrons. The quantitative estimate of drug-likeness (QED) is 0.894. The molecule has 0 bridgehead atoms. The molecule has 1 aromatic rings. The molecular formula is C15H20BrNO2. The highest BCUT2D eigenvalue weighted by Gasteiger charge is 2.36. The van der Waals surface area contributed by atoms with E-state index in [-0.39, 0.29) is 5.54 Å². The molecule has 19 heavy (non-hydrogen) atoms. The zero-order chi connectivity index (χ0) is 13.6. The first-order valence-corrected chi connectivity index (χ1v) is 7.70. The van der Waals surface area contributed by atoms with Crippen LogP contribution >= 0.6 is 15.9 Å². The molecule has 2 heterocycles. The number of ether oxygens (including phenoxy) is 2. The van der Waals surface area contributed by atoms with Crippen molar-refractivity contribution in [1.82, 2.24) is 5.32 Å². The molecule has 1 fully saturated rings. The molecule has 0 aliphatic carbocycles. The zero-order valence-electron chi connectivity index (χ0n) is 11.7. The topological polar surface area (TPSA) is 30.5 Å². The first-order chi connectivity index (χ1) is 9.03. The largest absolute Gasteiger partial charge is 0.454 e. The lowest BCUT2D eigenvalue weighted by Crippen LogP contribution is -2.34. The molecule has 0 amide bonds. The van der Waals surface area contributed by atoms with Gasteiger partial charge in [0, 0.05) is 5.54 Å². The summed E-state index contributed by atoms with van der Waals surface area (Å²) < 4.78 is 12.2. The highest BCUT2D eigenvalue weighted by Crippen LogP contribution is 2.48. The molecule has 1 aromatic carbocycles. The highest BCUT2D eigenvalue weighted by molar-refractivity contribution is 9.10. The number of nitrogens with one attached hydrogen (secondary N) is 1. The summed E-state index contributed by atoms with van der Waals surface area (Å²) in [6, 6.07) is 2.17. The van der Waals surface area contributed by atoms with Crippen molar-refractivity contribution < 1.29 is 9.47 Å². The Kier molecular flexibility index (Phi) is 3.26. The van der Waals surface area contributed by atoms with E-state index in [1.807, 2.05) is 0 Å². The van der Waals surface area contributed by atoms with Crippen LogP contribution in [0.2, 0.25) is 0 Å². The van der Waals surface area contributed by atoms with Crippen LogP contribution in [0.1, 0.15) is 50.7 Å². The minimum absolute atomic E-state index is 0.0447. The van der Waals surface area contributed by atoms with Gasteiger partial charge in [0.2, 0.25) is 6.79 Å². The van der Waals surface area contributed by atoms with Crippen LogP contribution in [0.4, 0.5) is 0 Å². The fourth-order valence-corrected chi connectivity index (χ4v) is 4.14. The van der Waals surface area contributed by atoms with Crippen LogP contribution in [0.15, 0.2) is 10.5 Å². The van der Waals surface area contributed by atoms with Crippen molar-refractivity contribution in [2.24, 2.45) is 0 Å². The SMILES string of the molecule is CC(C)c1c(C2(C)CCCN2)cc2c(c1Br)OCO2. The molecule has 1 unspecified atom stereocenters. The summed E-state index contributed by atoms with van der Waals surface area (Å²) in [5, 5.41) is 3.65. The molecular weight excluding hydrogens is 306 g/mol. The van der Waals surface area contributed by atoms with Gasteiger partial charge in [0.1, 0.15) is 0 Å². The first kappa shape index (κ1) is 13.3. The predicted molar refractivity (Wildman–Crippen MR) is 78.9 cm³/mol. The molecule has 3 rings (SSSR count). The molecule has 2 aliphatic rings. The van der Waals surface area contributed by atoms with Crippen molar-refractivity contribution in [2.75, 3.05) is 13.3 Å². The number of benzene rings is 1. The molecule has 0 aromatic heterocycles. The number of fused-ring (bicyclic) bond motifs is 1. The van der Waals surface area contributed by atoms with E-state index in [9.17, 15) is 0 Å². The van der Waals surface area contributed by atoms with Crippen LogP contribution in [-0.4, -0.2) is 13.3 Å². The maximum atomic E-state index is 5.58. The van der Waals surface area contributed by atoms with Gasteiger partial charge in [0.15, 0.2) is 11.5 Å². The van der Waals surface area contributed by atoms with Gasteiger partial charge in [-0.05, 0) is 65.4 Å². The summed E-state index contributed by atoms with van der Waals surface area (Å²) >= 11 is 3.72. The van der Waals surface area contributed by atoms with Gasteiger partial charge in [-0.3, -0.25) is 0 Å². The molecule has 4 heteroatoms. The summed E-state index contributed by atoms with van der Waals surface area (Å²) in [6.07, 6.45) is 2.39. The van der Waals surface area contributed by atoms with Gasteiger partial charge in [-0.25, -0.2) is 0 Å². The Morgan fingerprint density at radius 3 is 2.79 bits per heavy atom. The van der Waals surface area contributed by atoms with Gasteiger partial charge >= 0.3 is 0 Å². The van der Waals surface area contributed by atoms with Crippen LogP contribution in [0, 0.1) is 0 Å².